The van der Waals surface area contributed by atoms with Crippen molar-refractivity contribution in [1.29, 1.82) is 5.41 Å². The SMILES string of the molecule is COCCN(c1ccc(C(=N)N)c(Cl)c1)C(C)C1CC1. The number of rotatable bonds is 7. The number of benzene rings is 1. The molecule has 0 heterocycles. The van der Waals surface area contributed by atoms with Crippen LogP contribution in [-0.4, -0.2) is 32.1 Å². The second kappa shape index (κ2) is 6.46. The Labute approximate surface area is 125 Å². The van der Waals surface area contributed by atoms with Crippen molar-refractivity contribution in [2.24, 2.45) is 11.7 Å². The van der Waals surface area contributed by atoms with Gasteiger partial charge in [0.1, 0.15) is 5.84 Å². The molecule has 1 aromatic carbocycles. The summed E-state index contributed by atoms with van der Waals surface area (Å²) in [6.45, 7) is 3.77. The van der Waals surface area contributed by atoms with Crippen LogP contribution in [0.15, 0.2) is 18.2 Å². The Bertz CT molecular complexity index is 488. The molecule has 1 saturated carbocycles. The first kappa shape index (κ1) is 15.1. The van der Waals surface area contributed by atoms with Crippen LogP contribution in [0.2, 0.25) is 5.02 Å². The molecular weight excluding hydrogens is 274 g/mol. The van der Waals surface area contributed by atoms with E-state index in [1.54, 1.807) is 7.11 Å². The number of hydrogen-bond donors (Lipinski definition) is 2. The summed E-state index contributed by atoms with van der Waals surface area (Å²) < 4.78 is 5.21. The molecule has 20 heavy (non-hydrogen) atoms. The van der Waals surface area contributed by atoms with Gasteiger partial charge in [-0.1, -0.05) is 11.6 Å². The predicted octanol–water partition coefficient (Wildman–Crippen LogP) is 2.88. The largest absolute Gasteiger partial charge is 0.384 e. The first-order valence-corrected chi connectivity index (χ1v) is 7.32. The number of anilines is 1. The van der Waals surface area contributed by atoms with E-state index < -0.39 is 0 Å². The summed E-state index contributed by atoms with van der Waals surface area (Å²) in [5, 5.41) is 8.02. The van der Waals surface area contributed by atoms with Crippen molar-refractivity contribution >= 4 is 23.1 Å². The van der Waals surface area contributed by atoms with E-state index in [4.69, 9.17) is 27.5 Å². The van der Waals surface area contributed by atoms with E-state index in [2.05, 4.69) is 11.8 Å². The maximum Gasteiger partial charge on any atom is 0.124 e. The molecule has 1 unspecified atom stereocenters. The maximum absolute atomic E-state index is 7.49. The highest BCUT2D eigenvalue weighted by Gasteiger charge is 2.32. The number of amidine groups is 1. The standard InChI is InChI=1S/C15H22ClN3O/c1-10(11-3-4-11)19(7-8-20-2)12-5-6-13(15(17)18)14(16)9-12/h5-6,9-11H,3-4,7-8H2,1-2H3,(H3,17,18). The average molecular weight is 296 g/mol. The van der Waals surface area contributed by atoms with Gasteiger partial charge in [0, 0.05) is 30.9 Å². The second-order valence-electron chi connectivity index (χ2n) is 5.34. The molecule has 110 valence electrons. The monoisotopic (exact) mass is 295 g/mol. The molecule has 4 nitrogen and oxygen atoms in total. The molecule has 1 aliphatic carbocycles. The highest BCUT2D eigenvalue weighted by Crippen LogP contribution is 2.37. The summed E-state index contributed by atoms with van der Waals surface area (Å²) in [7, 11) is 1.71. The molecule has 0 bridgehead atoms. The molecule has 1 aromatic rings. The number of halogens is 1. The minimum Gasteiger partial charge on any atom is -0.384 e. The summed E-state index contributed by atoms with van der Waals surface area (Å²) in [6, 6.07) is 6.17. The number of nitrogens with two attached hydrogens (primary N) is 1. The lowest BCUT2D eigenvalue weighted by molar-refractivity contribution is 0.202. The van der Waals surface area contributed by atoms with Gasteiger partial charge in [-0.25, -0.2) is 0 Å². The van der Waals surface area contributed by atoms with E-state index in [0.29, 0.717) is 23.2 Å². The molecule has 1 fully saturated rings. The fourth-order valence-corrected chi connectivity index (χ4v) is 2.77. The summed E-state index contributed by atoms with van der Waals surface area (Å²) in [5.41, 5.74) is 7.15. The number of methoxy groups -OCH3 is 1. The van der Waals surface area contributed by atoms with Crippen LogP contribution in [0.25, 0.3) is 0 Å². The number of ether oxygens (including phenoxy) is 1. The lowest BCUT2D eigenvalue weighted by atomic mass is 10.1. The molecule has 1 aliphatic rings. The highest BCUT2D eigenvalue weighted by molar-refractivity contribution is 6.34. The van der Waals surface area contributed by atoms with Gasteiger partial charge in [0.25, 0.3) is 0 Å². The Morgan fingerprint density at radius 3 is 2.75 bits per heavy atom. The van der Waals surface area contributed by atoms with Crippen molar-refractivity contribution in [2.45, 2.75) is 25.8 Å². The third kappa shape index (κ3) is 3.44. The van der Waals surface area contributed by atoms with Gasteiger partial charge in [0.15, 0.2) is 0 Å². The van der Waals surface area contributed by atoms with E-state index >= 15 is 0 Å². The topological polar surface area (TPSA) is 62.3 Å². The minimum absolute atomic E-state index is 0.000216. The zero-order valence-corrected chi connectivity index (χ0v) is 12.8. The summed E-state index contributed by atoms with van der Waals surface area (Å²) in [5.74, 6) is 0.762. The molecule has 0 spiro atoms. The summed E-state index contributed by atoms with van der Waals surface area (Å²) >= 11 is 6.22. The lowest BCUT2D eigenvalue weighted by Gasteiger charge is -2.31. The van der Waals surface area contributed by atoms with E-state index in [1.807, 2.05) is 18.2 Å². The van der Waals surface area contributed by atoms with E-state index in [-0.39, 0.29) is 5.84 Å². The molecule has 2 rings (SSSR count). The predicted molar refractivity (Wildman–Crippen MR) is 83.9 cm³/mol. The van der Waals surface area contributed by atoms with Gasteiger partial charge < -0.3 is 15.4 Å². The average Bonchev–Trinajstić information content (AvgIpc) is 3.22. The third-order valence-corrected chi connectivity index (χ3v) is 4.22. The van der Waals surface area contributed by atoms with Gasteiger partial charge >= 0.3 is 0 Å². The maximum atomic E-state index is 7.49. The molecule has 5 heteroatoms. The van der Waals surface area contributed by atoms with Crippen molar-refractivity contribution in [1.82, 2.24) is 0 Å². The van der Waals surface area contributed by atoms with Crippen LogP contribution in [0.5, 0.6) is 0 Å². The number of nitrogens with one attached hydrogen (secondary N) is 1. The van der Waals surface area contributed by atoms with Crippen molar-refractivity contribution in [2.75, 3.05) is 25.2 Å². The lowest BCUT2D eigenvalue weighted by Crippen LogP contribution is -2.37. The molecule has 3 N–H and O–H groups in total. The van der Waals surface area contributed by atoms with Gasteiger partial charge in [-0.3, -0.25) is 5.41 Å². The first-order valence-electron chi connectivity index (χ1n) is 6.94. The summed E-state index contributed by atoms with van der Waals surface area (Å²) in [4.78, 5) is 2.33. The van der Waals surface area contributed by atoms with Crippen LogP contribution < -0.4 is 10.6 Å². The van der Waals surface area contributed by atoms with Crippen LogP contribution >= 0.6 is 11.6 Å². The van der Waals surface area contributed by atoms with Crippen molar-refractivity contribution < 1.29 is 4.74 Å². The van der Waals surface area contributed by atoms with Gasteiger partial charge in [-0.05, 0) is 43.9 Å². The van der Waals surface area contributed by atoms with Crippen LogP contribution in [0.1, 0.15) is 25.3 Å². The highest BCUT2D eigenvalue weighted by atomic mass is 35.5. The van der Waals surface area contributed by atoms with Gasteiger partial charge in [0.2, 0.25) is 0 Å². The van der Waals surface area contributed by atoms with Crippen LogP contribution in [-0.2, 0) is 4.74 Å². The molecule has 1 atom stereocenters. The first-order chi connectivity index (χ1) is 9.54. The normalized spacial score (nSPS) is 15.9. The van der Waals surface area contributed by atoms with Crippen LogP contribution in [0.4, 0.5) is 5.69 Å². The number of hydrogen-bond acceptors (Lipinski definition) is 3. The Morgan fingerprint density at radius 2 is 2.25 bits per heavy atom. The molecule has 0 aromatic heterocycles. The molecule has 0 saturated heterocycles. The third-order valence-electron chi connectivity index (χ3n) is 3.91. The quantitative estimate of drug-likeness (QED) is 0.600. The van der Waals surface area contributed by atoms with E-state index in [9.17, 15) is 0 Å². The van der Waals surface area contributed by atoms with Crippen LogP contribution in [0, 0.1) is 11.3 Å². The van der Waals surface area contributed by atoms with Crippen molar-refractivity contribution in [3.8, 4) is 0 Å². The molecule has 0 radical (unpaired) electrons. The Kier molecular flexibility index (Phi) is 4.89. The van der Waals surface area contributed by atoms with E-state index in [1.165, 1.54) is 12.8 Å². The van der Waals surface area contributed by atoms with Crippen LogP contribution in [0.3, 0.4) is 0 Å². The number of nitrogens with zero attached hydrogens (tertiary/aromatic N) is 1. The molecular formula is C15H22ClN3O. The smallest absolute Gasteiger partial charge is 0.124 e. The second-order valence-corrected chi connectivity index (χ2v) is 5.75. The fraction of sp³-hybridized carbons (Fsp3) is 0.533. The summed E-state index contributed by atoms with van der Waals surface area (Å²) in [6.07, 6.45) is 2.59. The molecule has 0 aliphatic heterocycles. The Balaban J connectivity index is 2.23. The fourth-order valence-electron chi connectivity index (χ4n) is 2.49. The minimum atomic E-state index is 0.000216. The van der Waals surface area contributed by atoms with Crippen molar-refractivity contribution in [3.63, 3.8) is 0 Å². The molecule has 0 amide bonds. The van der Waals surface area contributed by atoms with Gasteiger partial charge in [-0.15, -0.1) is 0 Å². The Hall–Kier alpha value is -1.26. The van der Waals surface area contributed by atoms with E-state index in [0.717, 1.165) is 18.2 Å². The van der Waals surface area contributed by atoms with Crippen molar-refractivity contribution in [3.05, 3.63) is 28.8 Å². The zero-order chi connectivity index (χ0) is 14.7. The Morgan fingerprint density at radius 1 is 1.55 bits per heavy atom. The number of nitrogen functional groups attached to an aromatic ring is 1. The zero-order valence-electron chi connectivity index (χ0n) is 12.0. The van der Waals surface area contributed by atoms with Gasteiger partial charge in [-0.2, -0.15) is 0 Å². The van der Waals surface area contributed by atoms with Gasteiger partial charge in [0.05, 0.1) is 11.6 Å².